The Bertz CT molecular complexity index is 311. The van der Waals surface area contributed by atoms with Gasteiger partial charge in [-0.1, -0.05) is 30.3 Å². The Morgan fingerprint density at radius 3 is 2.69 bits per heavy atom. The maximum absolute atomic E-state index is 11.4. The van der Waals surface area contributed by atoms with Crippen LogP contribution in [0.25, 0.3) is 0 Å². The third kappa shape index (κ3) is 4.94. The molecule has 0 aromatic heterocycles. The van der Waals surface area contributed by atoms with Crippen molar-refractivity contribution in [2.75, 3.05) is 13.7 Å². The monoisotopic (exact) mass is 221 g/mol. The summed E-state index contributed by atoms with van der Waals surface area (Å²) < 4.78 is 4.85. The number of rotatable bonds is 6. The van der Waals surface area contributed by atoms with E-state index in [0.717, 1.165) is 6.42 Å². The fourth-order valence-electron chi connectivity index (χ4n) is 1.56. The fraction of sp³-hybridized carbons (Fsp3) is 0.462. The van der Waals surface area contributed by atoms with Crippen LogP contribution in [-0.4, -0.2) is 25.7 Å². The summed E-state index contributed by atoms with van der Waals surface area (Å²) in [7, 11) is 1.60. The summed E-state index contributed by atoms with van der Waals surface area (Å²) in [5.41, 5.74) is 1.24. The molecule has 16 heavy (non-hydrogen) atoms. The number of carbonyl (C=O) groups excluding carboxylic acids is 1. The lowest BCUT2D eigenvalue weighted by molar-refractivity contribution is -0.122. The molecule has 1 aromatic carbocycles. The molecule has 0 heterocycles. The number of hydrogen-bond acceptors (Lipinski definition) is 2. The van der Waals surface area contributed by atoms with Crippen molar-refractivity contribution in [2.45, 2.75) is 25.8 Å². The first-order valence-electron chi connectivity index (χ1n) is 5.54. The van der Waals surface area contributed by atoms with E-state index in [2.05, 4.69) is 17.4 Å². The number of amides is 1. The second kappa shape index (κ2) is 7.01. The van der Waals surface area contributed by atoms with E-state index in [1.807, 2.05) is 25.1 Å². The van der Waals surface area contributed by atoms with Gasteiger partial charge >= 0.3 is 0 Å². The molecular formula is C13H19NO2. The van der Waals surface area contributed by atoms with Crippen LogP contribution >= 0.6 is 0 Å². The molecule has 0 unspecified atom stereocenters. The molecule has 3 heteroatoms. The van der Waals surface area contributed by atoms with E-state index >= 15 is 0 Å². The highest BCUT2D eigenvalue weighted by Gasteiger charge is 2.07. The second-order valence-electron chi connectivity index (χ2n) is 3.90. The molecule has 0 saturated carbocycles. The molecular weight excluding hydrogens is 202 g/mol. The van der Waals surface area contributed by atoms with Crippen LogP contribution < -0.4 is 5.32 Å². The third-order valence-corrected chi connectivity index (χ3v) is 2.33. The summed E-state index contributed by atoms with van der Waals surface area (Å²) in [5.74, 6) is 0.0466. The van der Waals surface area contributed by atoms with Gasteiger partial charge in [-0.3, -0.25) is 4.79 Å². The average molecular weight is 221 g/mol. The van der Waals surface area contributed by atoms with Gasteiger partial charge in [0, 0.05) is 19.6 Å². The quantitative estimate of drug-likeness (QED) is 0.795. The normalized spacial score (nSPS) is 12.1. The molecule has 0 fully saturated rings. The van der Waals surface area contributed by atoms with E-state index in [1.165, 1.54) is 5.56 Å². The van der Waals surface area contributed by atoms with Crippen molar-refractivity contribution in [1.82, 2.24) is 5.32 Å². The Morgan fingerprint density at radius 1 is 1.38 bits per heavy atom. The average Bonchev–Trinajstić information content (AvgIpc) is 2.27. The van der Waals surface area contributed by atoms with Crippen LogP contribution in [0.15, 0.2) is 30.3 Å². The zero-order valence-corrected chi connectivity index (χ0v) is 9.90. The summed E-state index contributed by atoms with van der Waals surface area (Å²) >= 11 is 0. The van der Waals surface area contributed by atoms with Crippen LogP contribution in [0.1, 0.15) is 18.9 Å². The first-order valence-corrected chi connectivity index (χ1v) is 5.54. The molecule has 0 aliphatic carbocycles. The Labute approximate surface area is 96.8 Å². The topological polar surface area (TPSA) is 38.3 Å². The zero-order chi connectivity index (χ0) is 11.8. The summed E-state index contributed by atoms with van der Waals surface area (Å²) in [5, 5.41) is 2.94. The van der Waals surface area contributed by atoms with E-state index in [4.69, 9.17) is 4.74 Å². The first kappa shape index (κ1) is 12.7. The maximum atomic E-state index is 11.4. The number of benzene rings is 1. The van der Waals surface area contributed by atoms with E-state index in [1.54, 1.807) is 7.11 Å². The van der Waals surface area contributed by atoms with Gasteiger partial charge in [0.1, 0.15) is 0 Å². The highest BCUT2D eigenvalue weighted by atomic mass is 16.5. The Hall–Kier alpha value is -1.35. The molecule has 1 N–H and O–H groups in total. The Kier molecular flexibility index (Phi) is 5.57. The second-order valence-corrected chi connectivity index (χ2v) is 3.90. The number of hydrogen-bond donors (Lipinski definition) is 1. The van der Waals surface area contributed by atoms with E-state index < -0.39 is 0 Å². The van der Waals surface area contributed by atoms with Crippen LogP contribution in [0.4, 0.5) is 0 Å². The van der Waals surface area contributed by atoms with Crippen LogP contribution in [-0.2, 0) is 16.0 Å². The molecule has 0 radical (unpaired) electrons. The number of carbonyl (C=O) groups is 1. The van der Waals surface area contributed by atoms with Crippen LogP contribution in [0.3, 0.4) is 0 Å². The van der Waals surface area contributed by atoms with Gasteiger partial charge in [-0.25, -0.2) is 0 Å². The largest absolute Gasteiger partial charge is 0.384 e. The lowest BCUT2D eigenvalue weighted by atomic mass is 10.1. The Morgan fingerprint density at radius 2 is 2.06 bits per heavy atom. The van der Waals surface area contributed by atoms with E-state index in [9.17, 15) is 4.79 Å². The third-order valence-electron chi connectivity index (χ3n) is 2.33. The van der Waals surface area contributed by atoms with Gasteiger partial charge < -0.3 is 10.1 Å². The molecule has 1 atom stereocenters. The number of methoxy groups -OCH3 is 1. The fourth-order valence-corrected chi connectivity index (χ4v) is 1.56. The van der Waals surface area contributed by atoms with Crippen molar-refractivity contribution in [1.29, 1.82) is 0 Å². The van der Waals surface area contributed by atoms with Gasteiger partial charge in [0.2, 0.25) is 5.91 Å². The van der Waals surface area contributed by atoms with Crippen LogP contribution in [0, 0.1) is 0 Å². The lowest BCUT2D eigenvalue weighted by Crippen LogP contribution is -2.34. The van der Waals surface area contributed by atoms with Gasteiger partial charge in [0.15, 0.2) is 0 Å². The van der Waals surface area contributed by atoms with Crippen LogP contribution in [0.5, 0.6) is 0 Å². The molecule has 88 valence electrons. The minimum atomic E-state index is 0.0466. The molecule has 0 aliphatic rings. The molecule has 0 bridgehead atoms. The zero-order valence-electron chi connectivity index (χ0n) is 9.90. The van der Waals surface area contributed by atoms with Crippen molar-refractivity contribution in [2.24, 2.45) is 0 Å². The summed E-state index contributed by atoms with van der Waals surface area (Å²) in [6.07, 6.45) is 1.29. The maximum Gasteiger partial charge on any atom is 0.222 e. The summed E-state index contributed by atoms with van der Waals surface area (Å²) in [4.78, 5) is 11.4. The molecule has 1 rings (SSSR count). The predicted octanol–water partition coefficient (Wildman–Crippen LogP) is 1.77. The number of nitrogens with one attached hydrogen (secondary N) is 1. The standard InChI is InChI=1S/C13H19NO2/c1-11(14-13(15)8-9-16-2)10-12-6-4-3-5-7-12/h3-7,11H,8-10H2,1-2H3,(H,14,15)/t11-/m1/s1. The highest BCUT2D eigenvalue weighted by molar-refractivity contribution is 5.76. The number of ether oxygens (including phenoxy) is 1. The SMILES string of the molecule is COCCC(=O)N[C@H](C)Cc1ccccc1. The van der Waals surface area contributed by atoms with E-state index in [0.29, 0.717) is 13.0 Å². The predicted molar refractivity (Wildman–Crippen MR) is 64.2 cm³/mol. The molecule has 1 aromatic rings. The molecule has 3 nitrogen and oxygen atoms in total. The molecule has 0 spiro atoms. The first-order chi connectivity index (χ1) is 7.72. The van der Waals surface area contributed by atoms with Gasteiger partial charge in [0.05, 0.1) is 6.61 Å². The summed E-state index contributed by atoms with van der Waals surface area (Å²) in [6, 6.07) is 10.3. The van der Waals surface area contributed by atoms with Crippen LogP contribution in [0.2, 0.25) is 0 Å². The lowest BCUT2D eigenvalue weighted by Gasteiger charge is -2.13. The molecule has 0 aliphatic heterocycles. The molecule has 1 amide bonds. The summed E-state index contributed by atoms with van der Waals surface area (Å²) in [6.45, 7) is 2.49. The minimum Gasteiger partial charge on any atom is -0.384 e. The minimum absolute atomic E-state index is 0.0466. The van der Waals surface area contributed by atoms with Crippen molar-refractivity contribution in [3.8, 4) is 0 Å². The van der Waals surface area contributed by atoms with E-state index in [-0.39, 0.29) is 11.9 Å². The van der Waals surface area contributed by atoms with Crippen molar-refractivity contribution < 1.29 is 9.53 Å². The van der Waals surface area contributed by atoms with Gasteiger partial charge in [-0.2, -0.15) is 0 Å². The van der Waals surface area contributed by atoms with Crippen molar-refractivity contribution in [3.63, 3.8) is 0 Å². The van der Waals surface area contributed by atoms with Gasteiger partial charge in [-0.15, -0.1) is 0 Å². The van der Waals surface area contributed by atoms with Crippen molar-refractivity contribution >= 4 is 5.91 Å². The van der Waals surface area contributed by atoms with Crippen molar-refractivity contribution in [3.05, 3.63) is 35.9 Å². The highest BCUT2D eigenvalue weighted by Crippen LogP contribution is 2.02. The molecule has 0 saturated heterocycles. The smallest absolute Gasteiger partial charge is 0.222 e. The van der Waals surface area contributed by atoms with Gasteiger partial charge in [0.25, 0.3) is 0 Å². The Balaban J connectivity index is 2.30. The van der Waals surface area contributed by atoms with Gasteiger partial charge in [-0.05, 0) is 18.9 Å².